The fourth-order valence-corrected chi connectivity index (χ4v) is 4.00. The summed E-state index contributed by atoms with van der Waals surface area (Å²) >= 11 is 0. The van der Waals surface area contributed by atoms with Crippen molar-refractivity contribution in [3.05, 3.63) is 94.8 Å². The maximum Gasteiger partial charge on any atom is 0.307 e. The molecule has 1 heterocycles. The second kappa shape index (κ2) is 10.1. The number of halogens is 1. The number of nitrogens with one attached hydrogen (secondary N) is 2. The van der Waals surface area contributed by atoms with Crippen LogP contribution in [0.3, 0.4) is 0 Å². The van der Waals surface area contributed by atoms with E-state index < -0.39 is 29.8 Å². The van der Waals surface area contributed by atoms with Gasteiger partial charge in [0.05, 0.1) is 23.7 Å². The van der Waals surface area contributed by atoms with Crippen LogP contribution >= 0.6 is 0 Å². The average molecular weight is 459 g/mol. The molecule has 0 saturated heterocycles. The first-order chi connectivity index (χ1) is 16.5. The van der Waals surface area contributed by atoms with Gasteiger partial charge < -0.3 is 20.5 Å². The Kier molecular flexibility index (Phi) is 6.85. The van der Waals surface area contributed by atoms with Gasteiger partial charge in [-0.15, -0.1) is 0 Å². The van der Waals surface area contributed by atoms with Crippen molar-refractivity contribution in [2.24, 2.45) is 0 Å². The maximum absolute atomic E-state index is 14.8. The highest BCUT2D eigenvalue weighted by atomic mass is 19.1. The Balaban J connectivity index is 1.57. The summed E-state index contributed by atoms with van der Waals surface area (Å²) in [6.45, 7) is 0.370. The van der Waals surface area contributed by atoms with Gasteiger partial charge in [0.15, 0.2) is 11.9 Å². The molecular formula is C26H22FN3O4. The molecule has 0 bridgehead atoms. The molecular weight excluding hydrogens is 437 g/mol. The van der Waals surface area contributed by atoms with E-state index in [0.717, 1.165) is 5.56 Å². The maximum atomic E-state index is 14.8. The first kappa shape index (κ1) is 23.0. The van der Waals surface area contributed by atoms with Crippen molar-refractivity contribution in [2.45, 2.75) is 25.0 Å². The van der Waals surface area contributed by atoms with E-state index >= 15 is 0 Å². The second-order valence-electron chi connectivity index (χ2n) is 7.92. The lowest BCUT2D eigenvalue weighted by Crippen LogP contribution is -2.47. The molecule has 0 fully saturated rings. The zero-order valence-corrected chi connectivity index (χ0v) is 18.1. The molecule has 1 aliphatic heterocycles. The molecule has 1 amide bonds. The third-order valence-corrected chi connectivity index (χ3v) is 5.56. The molecule has 0 saturated carbocycles. The molecule has 3 aromatic carbocycles. The topological polar surface area (TPSA) is 111 Å². The standard InChI is InChI=1S/C26H22FN3O4/c27-20-9-2-1-8-19(20)23(29-12-11-16-5-3-6-17(13-16)14-22(31)32)25-26(33)30-21-10-4-7-18(15-28)24(21)34-25/h1-10,13,23,25,29H,11-12,14H2,(H,30,33)(H,31,32)/t23-,25+/m1/s1. The number of carboxylic acids is 1. The fourth-order valence-electron chi connectivity index (χ4n) is 4.00. The molecule has 0 aliphatic carbocycles. The summed E-state index contributed by atoms with van der Waals surface area (Å²) in [6.07, 6.45) is -0.667. The molecule has 2 atom stereocenters. The number of nitrogens with zero attached hydrogens (tertiary/aromatic N) is 1. The van der Waals surface area contributed by atoms with Crippen LogP contribution in [0, 0.1) is 17.1 Å². The molecule has 8 heteroatoms. The summed E-state index contributed by atoms with van der Waals surface area (Å²) in [7, 11) is 0. The minimum atomic E-state index is -1.11. The lowest BCUT2D eigenvalue weighted by atomic mass is 9.97. The third-order valence-electron chi connectivity index (χ3n) is 5.56. The van der Waals surface area contributed by atoms with Crippen molar-refractivity contribution in [2.75, 3.05) is 11.9 Å². The number of nitriles is 1. The highest BCUT2D eigenvalue weighted by molar-refractivity contribution is 5.99. The first-order valence-corrected chi connectivity index (χ1v) is 10.7. The number of anilines is 1. The number of hydrogen-bond acceptors (Lipinski definition) is 5. The zero-order valence-electron chi connectivity index (χ0n) is 18.1. The number of benzene rings is 3. The Morgan fingerprint density at radius 3 is 2.68 bits per heavy atom. The summed E-state index contributed by atoms with van der Waals surface area (Å²) in [5.41, 5.74) is 2.52. The van der Waals surface area contributed by atoms with Crippen LogP contribution < -0.4 is 15.4 Å². The van der Waals surface area contributed by atoms with Crippen LogP contribution in [-0.2, 0) is 22.4 Å². The van der Waals surface area contributed by atoms with Crippen LogP contribution in [0.5, 0.6) is 5.75 Å². The Hall–Kier alpha value is -4.22. The van der Waals surface area contributed by atoms with Gasteiger partial charge in [0, 0.05) is 5.56 Å². The van der Waals surface area contributed by atoms with Crippen LogP contribution in [0.25, 0.3) is 0 Å². The Bertz CT molecular complexity index is 1270. The van der Waals surface area contributed by atoms with E-state index in [9.17, 15) is 19.2 Å². The molecule has 172 valence electrons. The zero-order chi connectivity index (χ0) is 24.1. The van der Waals surface area contributed by atoms with Crippen molar-refractivity contribution in [3.8, 4) is 11.8 Å². The van der Waals surface area contributed by atoms with E-state index in [4.69, 9.17) is 9.84 Å². The van der Waals surface area contributed by atoms with E-state index in [-0.39, 0.29) is 23.3 Å². The molecule has 34 heavy (non-hydrogen) atoms. The number of carbonyl (C=O) groups is 2. The first-order valence-electron chi connectivity index (χ1n) is 10.7. The predicted molar refractivity (Wildman–Crippen MR) is 123 cm³/mol. The smallest absolute Gasteiger partial charge is 0.307 e. The van der Waals surface area contributed by atoms with E-state index in [1.165, 1.54) is 6.07 Å². The number of fused-ring (bicyclic) bond motifs is 1. The van der Waals surface area contributed by atoms with Crippen molar-refractivity contribution >= 4 is 17.6 Å². The molecule has 0 spiro atoms. The van der Waals surface area contributed by atoms with Crippen LogP contribution in [-0.4, -0.2) is 29.6 Å². The lowest BCUT2D eigenvalue weighted by Gasteiger charge is -2.33. The highest BCUT2D eigenvalue weighted by Crippen LogP contribution is 2.36. The molecule has 0 aromatic heterocycles. The van der Waals surface area contributed by atoms with Crippen molar-refractivity contribution in [3.63, 3.8) is 0 Å². The van der Waals surface area contributed by atoms with Gasteiger partial charge in [-0.3, -0.25) is 9.59 Å². The molecule has 3 N–H and O–H groups in total. The summed E-state index contributed by atoms with van der Waals surface area (Å²) in [4.78, 5) is 23.9. The number of amides is 1. The highest BCUT2D eigenvalue weighted by Gasteiger charge is 2.37. The van der Waals surface area contributed by atoms with Gasteiger partial charge >= 0.3 is 5.97 Å². The number of carboxylic acid groups (broad SMARTS) is 1. The largest absolute Gasteiger partial charge is 0.481 e. The number of aliphatic carboxylic acids is 1. The van der Waals surface area contributed by atoms with Crippen molar-refractivity contribution in [1.82, 2.24) is 5.32 Å². The van der Waals surface area contributed by atoms with E-state index in [1.54, 1.807) is 48.5 Å². The van der Waals surface area contributed by atoms with E-state index in [0.29, 0.717) is 24.2 Å². The number of carbonyl (C=O) groups excluding carboxylic acids is 1. The lowest BCUT2D eigenvalue weighted by molar-refractivity contribution is -0.136. The van der Waals surface area contributed by atoms with Crippen LogP contribution in [0.1, 0.15) is 28.3 Å². The van der Waals surface area contributed by atoms with Gasteiger partial charge in [-0.25, -0.2) is 4.39 Å². The summed E-state index contributed by atoms with van der Waals surface area (Å²) in [6, 6.07) is 19.5. The minimum Gasteiger partial charge on any atom is -0.481 e. The fraction of sp³-hybridized carbons (Fsp3) is 0.192. The Morgan fingerprint density at radius 2 is 1.91 bits per heavy atom. The quantitative estimate of drug-likeness (QED) is 0.475. The van der Waals surface area contributed by atoms with Crippen LogP contribution in [0.4, 0.5) is 10.1 Å². The number of para-hydroxylation sites is 1. The normalized spacial score (nSPS) is 15.4. The minimum absolute atomic E-state index is 0.0736. The summed E-state index contributed by atoms with van der Waals surface area (Å²) in [5.74, 6) is -1.60. The van der Waals surface area contributed by atoms with Crippen LogP contribution in [0.2, 0.25) is 0 Å². The van der Waals surface area contributed by atoms with Gasteiger partial charge in [0.1, 0.15) is 11.9 Å². The summed E-state index contributed by atoms with van der Waals surface area (Å²) < 4.78 is 20.7. The predicted octanol–water partition coefficient (Wildman–Crippen LogP) is 3.60. The molecule has 4 rings (SSSR count). The molecule has 0 radical (unpaired) electrons. The van der Waals surface area contributed by atoms with Gasteiger partial charge in [-0.1, -0.05) is 48.5 Å². The van der Waals surface area contributed by atoms with Gasteiger partial charge in [-0.05, 0) is 42.3 Å². The number of ether oxygens (including phenoxy) is 1. The van der Waals surface area contributed by atoms with Gasteiger partial charge in [0.25, 0.3) is 5.91 Å². The second-order valence-corrected chi connectivity index (χ2v) is 7.92. The monoisotopic (exact) mass is 459 g/mol. The van der Waals surface area contributed by atoms with E-state index in [1.807, 2.05) is 12.1 Å². The van der Waals surface area contributed by atoms with Crippen molar-refractivity contribution in [1.29, 1.82) is 5.26 Å². The van der Waals surface area contributed by atoms with E-state index in [2.05, 4.69) is 16.7 Å². The Labute approximate surface area is 195 Å². The molecule has 1 aliphatic rings. The SMILES string of the molecule is N#Cc1cccc2c1O[C@@H]([C@H](NCCc1cccc(CC(=O)O)c1)c1ccccc1F)C(=O)N2. The number of hydrogen-bond donors (Lipinski definition) is 3. The van der Waals surface area contributed by atoms with Crippen LogP contribution in [0.15, 0.2) is 66.7 Å². The molecule has 7 nitrogen and oxygen atoms in total. The Morgan fingerprint density at radius 1 is 1.15 bits per heavy atom. The summed E-state index contributed by atoms with van der Waals surface area (Å²) in [5, 5.41) is 24.4. The molecule has 3 aromatic rings. The molecule has 0 unspecified atom stereocenters. The van der Waals surface area contributed by atoms with Gasteiger partial charge in [0.2, 0.25) is 0 Å². The van der Waals surface area contributed by atoms with Gasteiger partial charge in [-0.2, -0.15) is 5.26 Å². The third kappa shape index (κ3) is 5.05. The number of rotatable bonds is 8. The van der Waals surface area contributed by atoms with Crippen molar-refractivity contribution < 1.29 is 23.8 Å². The average Bonchev–Trinajstić information content (AvgIpc) is 2.82.